The Morgan fingerprint density at radius 3 is 2.42 bits per heavy atom. The molecular weight excluding hydrogens is 695 g/mol. The summed E-state index contributed by atoms with van der Waals surface area (Å²) in [5.74, 6) is 0.326. The van der Waals surface area contributed by atoms with Crippen molar-refractivity contribution in [2.45, 2.75) is 95.9 Å². The Balaban J connectivity index is 0.838. The molecule has 0 bridgehead atoms. The fourth-order valence-corrected chi connectivity index (χ4v) is 7.72. The van der Waals surface area contributed by atoms with E-state index in [0.717, 1.165) is 112 Å². The number of benzene rings is 2. The number of likely N-dealkylation sites (tertiary alicyclic amines) is 1. The average molecular weight is 750 g/mol. The molecule has 2 fully saturated rings. The number of piperidine rings is 1. The van der Waals surface area contributed by atoms with E-state index >= 15 is 0 Å². The number of fused-ring (bicyclic) bond motifs is 1. The minimum atomic E-state index is -1.07. The number of carboxylic acids is 1. The molecule has 0 unspecified atom stereocenters. The van der Waals surface area contributed by atoms with Gasteiger partial charge in [0.25, 0.3) is 0 Å². The van der Waals surface area contributed by atoms with Gasteiger partial charge in [-0.1, -0.05) is 72.2 Å². The van der Waals surface area contributed by atoms with Gasteiger partial charge < -0.3 is 31.3 Å². The quantitative estimate of drug-likeness (QED) is 0.0670. The predicted octanol–water partition coefficient (Wildman–Crippen LogP) is 5.05. The fraction of sp³-hybridized carbons (Fsp3) is 0.525. The molecule has 292 valence electrons. The van der Waals surface area contributed by atoms with Crippen molar-refractivity contribution in [2.75, 3.05) is 49.9 Å². The van der Waals surface area contributed by atoms with Gasteiger partial charge in [0.15, 0.2) is 5.69 Å². The summed E-state index contributed by atoms with van der Waals surface area (Å²) in [6.45, 7) is 7.82. The summed E-state index contributed by atoms with van der Waals surface area (Å²) < 4.78 is 3.63. The van der Waals surface area contributed by atoms with E-state index < -0.39 is 5.97 Å². The van der Waals surface area contributed by atoms with Crippen molar-refractivity contribution in [1.29, 1.82) is 0 Å². The van der Waals surface area contributed by atoms with E-state index in [-0.39, 0.29) is 11.7 Å². The van der Waals surface area contributed by atoms with Gasteiger partial charge in [0.2, 0.25) is 5.95 Å². The van der Waals surface area contributed by atoms with Crippen molar-refractivity contribution < 1.29 is 9.90 Å². The van der Waals surface area contributed by atoms with E-state index in [2.05, 4.69) is 52.9 Å². The second-order valence-corrected chi connectivity index (χ2v) is 14.8. The summed E-state index contributed by atoms with van der Waals surface area (Å²) in [5, 5.41) is 41.9. The van der Waals surface area contributed by atoms with Gasteiger partial charge in [0.1, 0.15) is 17.2 Å². The molecule has 3 aromatic heterocycles. The highest BCUT2D eigenvalue weighted by Gasteiger charge is 2.23. The van der Waals surface area contributed by atoms with Crippen LogP contribution in [0.5, 0.6) is 0 Å². The fourth-order valence-electron chi connectivity index (χ4n) is 7.72. The molecule has 4 heterocycles. The van der Waals surface area contributed by atoms with Crippen LogP contribution < -0.4 is 21.3 Å². The van der Waals surface area contributed by atoms with Gasteiger partial charge in [-0.3, -0.25) is 4.68 Å². The third-order valence-electron chi connectivity index (χ3n) is 10.7. The lowest BCUT2D eigenvalue weighted by Crippen LogP contribution is -2.40. The lowest BCUT2D eigenvalue weighted by molar-refractivity contribution is 0.0691. The van der Waals surface area contributed by atoms with Crippen LogP contribution in [0.15, 0.2) is 60.8 Å². The summed E-state index contributed by atoms with van der Waals surface area (Å²) in [4.78, 5) is 24.0. The molecule has 2 aliphatic rings. The molecule has 1 saturated heterocycles. The van der Waals surface area contributed by atoms with Crippen LogP contribution >= 0.6 is 0 Å². The highest BCUT2D eigenvalue weighted by atomic mass is 16.4. The minimum absolute atomic E-state index is 0.0148. The number of aromatic carboxylic acids is 1. The average Bonchev–Trinajstić information content (AvgIpc) is 3.87. The first-order valence-corrected chi connectivity index (χ1v) is 20.1. The topological polar surface area (TPSA) is 176 Å². The maximum atomic E-state index is 11.8. The smallest absolute Gasteiger partial charge is 0.358 e. The van der Waals surface area contributed by atoms with Gasteiger partial charge in [-0.15, -0.1) is 10.2 Å². The number of hydrogen-bond donors (Lipinski definition) is 5. The summed E-state index contributed by atoms with van der Waals surface area (Å²) in [6.07, 6.45) is 13.8. The van der Waals surface area contributed by atoms with Crippen LogP contribution in [-0.2, 0) is 19.6 Å². The van der Waals surface area contributed by atoms with E-state index in [0.29, 0.717) is 24.7 Å². The molecule has 55 heavy (non-hydrogen) atoms. The van der Waals surface area contributed by atoms with Crippen LogP contribution in [0, 0.1) is 0 Å². The SMILES string of the molecule is O=C(O)c1nnn(CCCN2CCC(Nc3nc(NCc4cn(CCCNCCCNC5CCCCC5)nn4)nc4ccccc34)CC2)c1-c1ccccc1. The number of aromatic nitrogens is 8. The molecule has 2 aromatic carbocycles. The molecule has 7 rings (SSSR count). The highest BCUT2D eigenvalue weighted by Crippen LogP contribution is 2.26. The predicted molar refractivity (Wildman–Crippen MR) is 214 cm³/mol. The summed E-state index contributed by atoms with van der Waals surface area (Å²) in [5.41, 5.74) is 3.07. The Bertz CT molecular complexity index is 1930. The van der Waals surface area contributed by atoms with Gasteiger partial charge in [-0.2, -0.15) is 4.98 Å². The number of nitrogens with one attached hydrogen (secondary N) is 4. The Labute approximate surface area is 322 Å². The highest BCUT2D eigenvalue weighted by molar-refractivity contribution is 5.92. The van der Waals surface area contributed by atoms with Gasteiger partial charge in [-0.25, -0.2) is 14.5 Å². The number of para-hydroxylation sites is 1. The number of carbonyl (C=O) groups is 1. The number of aryl methyl sites for hydroxylation is 2. The van der Waals surface area contributed by atoms with Crippen LogP contribution in [-0.4, -0.2) is 107 Å². The van der Waals surface area contributed by atoms with Crippen molar-refractivity contribution in [3.8, 4) is 11.3 Å². The first kappa shape index (κ1) is 38.3. The molecule has 5 aromatic rings. The molecule has 0 amide bonds. The molecule has 15 nitrogen and oxygen atoms in total. The maximum Gasteiger partial charge on any atom is 0.358 e. The van der Waals surface area contributed by atoms with E-state index in [1.807, 2.05) is 59.4 Å². The molecule has 5 N–H and O–H groups in total. The molecule has 1 aliphatic carbocycles. The maximum absolute atomic E-state index is 11.8. The van der Waals surface area contributed by atoms with Crippen LogP contribution in [0.25, 0.3) is 22.2 Å². The molecule has 15 heteroatoms. The van der Waals surface area contributed by atoms with Crippen LogP contribution in [0.1, 0.15) is 80.4 Å². The third-order valence-corrected chi connectivity index (χ3v) is 10.7. The lowest BCUT2D eigenvalue weighted by Gasteiger charge is -2.32. The van der Waals surface area contributed by atoms with Gasteiger partial charge in [-0.05, 0) is 83.3 Å². The zero-order valence-electron chi connectivity index (χ0n) is 31.7. The Morgan fingerprint density at radius 2 is 1.58 bits per heavy atom. The second kappa shape index (κ2) is 19.6. The normalized spacial score (nSPS) is 15.8. The third kappa shape index (κ3) is 10.8. The van der Waals surface area contributed by atoms with Crippen LogP contribution in [0.2, 0.25) is 0 Å². The van der Waals surface area contributed by atoms with Crippen molar-refractivity contribution >= 4 is 28.6 Å². The Morgan fingerprint density at radius 1 is 0.782 bits per heavy atom. The summed E-state index contributed by atoms with van der Waals surface area (Å²) >= 11 is 0. The van der Waals surface area contributed by atoms with Gasteiger partial charge in [0.05, 0.1) is 18.3 Å². The second-order valence-electron chi connectivity index (χ2n) is 14.8. The molecule has 0 atom stereocenters. The molecule has 1 saturated carbocycles. The van der Waals surface area contributed by atoms with Crippen LogP contribution in [0.4, 0.5) is 11.8 Å². The number of rotatable bonds is 20. The van der Waals surface area contributed by atoms with E-state index in [9.17, 15) is 9.90 Å². The monoisotopic (exact) mass is 749 g/mol. The molecule has 0 radical (unpaired) electrons. The van der Waals surface area contributed by atoms with Crippen LogP contribution in [0.3, 0.4) is 0 Å². The van der Waals surface area contributed by atoms with Crippen molar-refractivity contribution in [3.05, 3.63) is 72.2 Å². The Hall–Kier alpha value is -4.99. The number of carboxylic acid groups (broad SMARTS) is 1. The molecule has 1 aliphatic heterocycles. The zero-order valence-corrected chi connectivity index (χ0v) is 31.7. The van der Waals surface area contributed by atoms with Crippen molar-refractivity contribution in [2.24, 2.45) is 0 Å². The minimum Gasteiger partial charge on any atom is -0.476 e. The number of anilines is 2. The number of hydrogen-bond acceptors (Lipinski definition) is 12. The molecule has 0 spiro atoms. The van der Waals surface area contributed by atoms with E-state index in [1.54, 1.807) is 4.68 Å². The summed E-state index contributed by atoms with van der Waals surface area (Å²) in [6, 6.07) is 18.6. The first-order chi connectivity index (χ1) is 27.1. The van der Waals surface area contributed by atoms with Crippen molar-refractivity contribution in [1.82, 2.24) is 55.5 Å². The van der Waals surface area contributed by atoms with E-state index in [4.69, 9.17) is 9.97 Å². The standard InChI is InChI=1S/C40H55N13O2/c54-39(55)36-37(30-12-3-1-4-13-30)53(50-48-36)25-11-23-51-26-18-32(19-27-51)44-38-34-16-7-8-17-35(34)45-40(46-38)43-28-33-29-52(49-47-33)24-10-21-41-20-9-22-42-31-14-5-2-6-15-31/h1,3-4,7-8,12-13,16-17,29,31-32,41-42H,2,5-6,9-11,14-15,18-28H2,(H,54,55)(H2,43,44,45,46). The Kier molecular flexibility index (Phi) is 13.6. The first-order valence-electron chi connectivity index (χ1n) is 20.1. The lowest BCUT2D eigenvalue weighted by atomic mass is 9.95. The number of nitrogens with zero attached hydrogens (tertiary/aromatic N) is 9. The largest absolute Gasteiger partial charge is 0.476 e. The van der Waals surface area contributed by atoms with Gasteiger partial charge >= 0.3 is 5.97 Å². The van der Waals surface area contributed by atoms with Crippen molar-refractivity contribution in [3.63, 3.8) is 0 Å². The zero-order chi connectivity index (χ0) is 37.7. The molecular formula is C40H55N13O2. The summed E-state index contributed by atoms with van der Waals surface area (Å²) in [7, 11) is 0. The van der Waals surface area contributed by atoms with E-state index in [1.165, 1.54) is 32.1 Å². The van der Waals surface area contributed by atoms with Gasteiger partial charge in [0, 0.05) is 49.2 Å².